The van der Waals surface area contributed by atoms with Gasteiger partial charge in [0.1, 0.15) is 0 Å². The summed E-state index contributed by atoms with van der Waals surface area (Å²) in [6.07, 6.45) is 5.12. The van der Waals surface area contributed by atoms with Crippen molar-refractivity contribution >= 4 is 11.9 Å². The van der Waals surface area contributed by atoms with E-state index in [9.17, 15) is 9.59 Å². The van der Waals surface area contributed by atoms with Gasteiger partial charge in [0.05, 0.1) is 18.7 Å². The van der Waals surface area contributed by atoms with E-state index in [1.165, 1.54) is 0 Å². The Kier molecular flexibility index (Phi) is 7.02. The molecule has 0 N–H and O–H groups in total. The van der Waals surface area contributed by atoms with Gasteiger partial charge in [-0.2, -0.15) is 0 Å². The van der Waals surface area contributed by atoms with Gasteiger partial charge in [-0.15, -0.1) is 0 Å². The molecule has 0 saturated heterocycles. The van der Waals surface area contributed by atoms with Crippen LogP contribution in [0.15, 0.2) is 36.5 Å². The van der Waals surface area contributed by atoms with E-state index in [1.807, 2.05) is 24.0 Å². The average Bonchev–Trinajstić information content (AvgIpc) is 2.65. The zero-order valence-corrected chi connectivity index (χ0v) is 17.6. The van der Waals surface area contributed by atoms with Crippen LogP contribution in [0.2, 0.25) is 0 Å². The van der Waals surface area contributed by atoms with E-state index in [0.717, 1.165) is 47.2 Å². The van der Waals surface area contributed by atoms with E-state index in [-0.39, 0.29) is 24.2 Å². The second kappa shape index (κ2) is 9.68. The highest BCUT2D eigenvalue weighted by Gasteiger charge is 2.29. The third-order valence-electron chi connectivity index (χ3n) is 5.52. The average molecular weight is 395 g/mol. The fourth-order valence-corrected chi connectivity index (χ4v) is 3.68. The van der Waals surface area contributed by atoms with Gasteiger partial charge in [0.25, 0.3) is 0 Å². The fourth-order valence-electron chi connectivity index (χ4n) is 3.68. The van der Waals surface area contributed by atoms with Gasteiger partial charge in [-0.3, -0.25) is 14.6 Å². The number of rotatable bonds is 8. The maximum Gasteiger partial charge on any atom is 0.310 e. The molecule has 5 heteroatoms. The Morgan fingerprint density at radius 1 is 1.17 bits per heavy atom. The van der Waals surface area contributed by atoms with E-state index in [1.54, 1.807) is 13.1 Å². The lowest BCUT2D eigenvalue weighted by Gasteiger charge is -2.31. The van der Waals surface area contributed by atoms with Crippen molar-refractivity contribution < 1.29 is 14.3 Å². The predicted octanol–water partition coefficient (Wildman–Crippen LogP) is 4.31. The Hall–Kier alpha value is -2.69. The zero-order valence-electron chi connectivity index (χ0n) is 17.6. The SMILES string of the molecule is CCOC(=O)Cc1ccnc(-c2ccc(C)cc2CN(CC)C(=O)C2CCC2)c1. The summed E-state index contributed by atoms with van der Waals surface area (Å²) in [6.45, 7) is 7.54. The molecule has 2 aromatic rings. The Balaban J connectivity index is 1.86. The van der Waals surface area contributed by atoms with Crippen molar-refractivity contribution in [3.05, 3.63) is 53.2 Å². The van der Waals surface area contributed by atoms with Crippen LogP contribution in [0.5, 0.6) is 0 Å². The molecule has 1 heterocycles. The molecule has 0 unspecified atom stereocenters. The number of benzene rings is 1. The van der Waals surface area contributed by atoms with Gasteiger partial charge in [0.2, 0.25) is 5.91 Å². The molecule has 1 fully saturated rings. The largest absolute Gasteiger partial charge is 0.466 e. The Morgan fingerprint density at radius 2 is 1.97 bits per heavy atom. The van der Waals surface area contributed by atoms with Crippen molar-refractivity contribution in [3.8, 4) is 11.3 Å². The van der Waals surface area contributed by atoms with Crippen LogP contribution in [-0.2, 0) is 27.3 Å². The first-order valence-electron chi connectivity index (χ1n) is 10.5. The minimum Gasteiger partial charge on any atom is -0.466 e. The number of carbonyl (C=O) groups excluding carboxylic acids is 2. The minimum absolute atomic E-state index is 0.189. The van der Waals surface area contributed by atoms with Gasteiger partial charge in [0.15, 0.2) is 0 Å². The topological polar surface area (TPSA) is 59.5 Å². The van der Waals surface area contributed by atoms with Crippen molar-refractivity contribution in [3.63, 3.8) is 0 Å². The summed E-state index contributed by atoms with van der Waals surface area (Å²) in [5.41, 5.74) is 4.92. The molecule has 0 radical (unpaired) electrons. The molecule has 0 aliphatic heterocycles. The standard InChI is InChI=1S/C24H30N2O3/c1-4-26(24(28)19-7-6-8-19)16-20-13-17(3)9-10-21(20)22-14-18(11-12-25-22)15-23(27)29-5-2/h9-14,19H,4-8,15-16H2,1-3H3. The molecule has 1 amide bonds. The lowest BCUT2D eigenvalue weighted by molar-refractivity contribution is -0.142. The van der Waals surface area contributed by atoms with Crippen molar-refractivity contribution in [1.82, 2.24) is 9.88 Å². The van der Waals surface area contributed by atoms with Crippen molar-refractivity contribution in [2.24, 2.45) is 5.92 Å². The molecule has 154 valence electrons. The molecule has 0 spiro atoms. The fraction of sp³-hybridized carbons (Fsp3) is 0.458. The molecule has 1 aromatic heterocycles. The van der Waals surface area contributed by atoms with Gasteiger partial charge < -0.3 is 9.64 Å². The van der Waals surface area contributed by atoms with E-state index >= 15 is 0 Å². The molecule has 0 bridgehead atoms. The first kappa shape index (κ1) is 21.0. The van der Waals surface area contributed by atoms with Gasteiger partial charge in [-0.05, 0) is 56.9 Å². The molecular formula is C24H30N2O3. The van der Waals surface area contributed by atoms with Crippen LogP contribution in [0.4, 0.5) is 0 Å². The van der Waals surface area contributed by atoms with E-state index in [4.69, 9.17) is 4.74 Å². The summed E-state index contributed by atoms with van der Waals surface area (Å²) >= 11 is 0. The third-order valence-corrected chi connectivity index (χ3v) is 5.52. The maximum absolute atomic E-state index is 12.8. The number of esters is 1. The number of hydrogen-bond donors (Lipinski definition) is 0. The number of pyridine rings is 1. The summed E-state index contributed by atoms with van der Waals surface area (Å²) in [5.74, 6) is 0.210. The monoisotopic (exact) mass is 394 g/mol. The second-order valence-electron chi connectivity index (χ2n) is 7.67. The predicted molar refractivity (Wildman–Crippen MR) is 113 cm³/mol. The second-order valence-corrected chi connectivity index (χ2v) is 7.67. The molecule has 29 heavy (non-hydrogen) atoms. The number of carbonyl (C=O) groups is 2. The first-order valence-corrected chi connectivity index (χ1v) is 10.5. The van der Waals surface area contributed by atoms with Crippen molar-refractivity contribution in [1.29, 1.82) is 0 Å². The number of amides is 1. The van der Waals surface area contributed by atoms with Crippen LogP contribution in [0.25, 0.3) is 11.3 Å². The van der Waals surface area contributed by atoms with Gasteiger partial charge in [0, 0.05) is 30.8 Å². The molecule has 1 aliphatic carbocycles. The summed E-state index contributed by atoms with van der Waals surface area (Å²) in [5, 5.41) is 0. The molecule has 1 aliphatic rings. The lowest BCUT2D eigenvalue weighted by atomic mass is 9.84. The van der Waals surface area contributed by atoms with Crippen LogP contribution < -0.4 is 0 Å². The third kappa shape index (κ3) is 5.22. The highest BCUT2D eigenvalue weighted by molar-refractivity contribution is 5.80. The smallest absolute Gasteiger partial charge is 0.310 e. The van der Waals surface area contributed by atoms with Crippen LogP contribution in [-0.4, -0.2) is 34.9 Å². The van der Waals surface area contributed by atoms with Crippen molar-refractivity contribution in [2.45, 2.75) is 53.0 Å². The summed E-state index contributed by atoms with van der Waals surface area (Å²) in [7, 11) is 0. The number of aromatic nitrogens is 1. The van der Waals surface area contributed by atoms with Gasteiger partial charge >= 0.3 is 5.97 Å². The van der Waals surface area contributed by atoms with Crippen molar-refractivity contribution in [2.75, 3.05) is 13.2 Å². The highest BCUT2D eigenvalue weighted by atomic mass is 16.5. The van der Waals surface area contributed by atoms with Crippen LogP contribution in [0.1, 0.15) is 49.8 Å². The molecule has 1 saturated carbocycles. The summed E-state index contributed by atoms with van der Waals surface area (Å²) in [4.78, 5) is 31.1. The molecular weight excluding hydrogens is 364 g/mol. The van der Waals surface area contributed by atoms with Gasteiger partial charge in [-0.25, -0.2) is 0 Å². The number of ether oxygens (including phenoxy) is 1. The normalized spacial score (nSPS) is 13.6. The maximum atomic E-state index is 12.8. The summed E-state index contributed by atoms with van der Waals surface area (Å²) < 4.78 is 5.06. The van der Waals surface area contributed by atoms with E-state index < -0.39 is 0 Å². The quantitative estimate of drug-likeness (QED) is 0.626. The van der Waals surface area contributed by atoms with Crippen LogP contribution in [0, 0.1) is 12.8 Å². The molecule has 3 rings (SSSR count). The Labute approximate surface area is 173 Å². The number of nitrogens with zero attached hydrogens (tertiary/aromatic N) is 2. The minimum atomic E-state index is -0.239. The molecule has 0 atom stereocenters. The Bertz CT molecular complexity index is 874. The Morgan fingerprint density at radius 3 is 2.62 bits per heavy atom. The van der Waals surface area contributed by atoms with Crippen LogP contribution >= 0.6 is 0 Å². The number of aryl methyl sites for hydroxylation is 1. The van der Waals surface area contributed by atoms with E-state index in [2.05, 4.69) is 30.1 Å². The zero-order chi connectivity index (χ0) is 20.8. The lowest BCUT2D eigenvalue weighted by Crippen LogP contribution is -2.38. The summed E-state index contributed by atoms with van der Waals surface area (Å²) in [6, 6.07) is 10.0. The van der Waals surface area contributed by atoms with Gasteiger partial charge in [-0.1, -0.05) is 30.2 Å². The highest BCUT2D eigenvalue weighted by Crippen LogP contribution is 2.30. The number of hydrogen-bond acceptors (Lipinski definition) is 4. The molecule has 1 aromatic carbocycles. The first-order chi connectivity index (χ1) is 14.0. The molecule has 5 nitrogen and oxygen atoms in total. The van der Waals surface area contributed by atoms with E-state index in [0.29, 0.717) is 19.7 Å². The van der Waals surface area contributed by atoms with Crippen LogP contribution in [0.3, 0.4) is 0 Å².